The maximum atomic E-state index is 13.4. The van der Waals surface area contributed by atoms with E-state index in [9.17, 15) is 4.79 Å². The van der Waals surface area contributed by atoms with Crippen molar-refractivity contribution < 1.29 is 9.32 Å². The Labute approximate surface area is 173 Å². The number of rotatable bonds is 3. The number of amides is 1. The van der Waals surface area contributed by atoms with E-state index in [1.807, 2.05) is 40.9 Å². The molecule has 1 saturated heterocycles. The molecule has 0 spiro atoms. The number of carbonyl (C=O) groups excluding carboxylic acids is 1. The predicted octanol–water partition coefficient (Wildman–Crippen LogP) is 5.62. The van der Waals surface area contributed by atoms with Crippen LogP contribution in [0.2, 0.25) is 5.02 Å². The molecule has 144 valence electrons. The number of benzene rings is 2. The van der Waals surface area contributed by atoms with Gasteiger partial charge in [-0.1, -0.05) is 65.3 Å². The lowest BCUT2D eigenvalue weighted by atomic mass is 10.0. The molecule has 4 nitrogen and oxygen atoms in total. The van der Waals surface area contributed by atoms with Crippen LogP contribution in [0.25, 0.3) is 11.3 Å². The summed E-state index contributed by atoms with van der Waals surface area (Å²) >= 11 is 8.24. The third-order valence-electron chi connectivity index (χ3n) is 5.01. The van der Waals surface area contributed by atoms with Crippen LogP contribution in [0.4, 0.5) is 0 Å². The zero-order valence-corrected chi connectivity index (χ0v) is 17.2. The van der Waals surface area contributed by atoms with E-state index < -0.39 is 0 Å². The van der Waals surface area contributed by atoms with Gasteiger partial charge in [-0.05, 0) is 25.0 Å². The van der Waals surface area contributed by atoms with Gasteiger partial charge in [-0.2, -0.15) is 11.8 Å². The lowest BCUT2D eigenvalue weighted by Crippen LogP contribution is -2.33. The maximum Gasteiger partial charge on any atom is 0.259 e. The highest BCUT2D eigenvalue weighted by atomic mass is 35.5. The van der Waals surface area contributed by atoms with Gasteiger partial charge in [-0.3, -0.25) is 4.79 Å². The number of halogens is 1. The summed E-state index contributed by atoms with van der Waals surface area (Å²) in [6.07, 6.45) is 0.923. The van der Waals surface area contributed by atoms with Crippen molar-refractivity contribution >= 4 is 29.3 Å². The van der Waals surface area contributed by atoms with Gasteiger partial charge in [0, 0.05) is 29.7 Å². The summed E-state index contributed by atoms with van der Waals surface area (Å²) in [5.41, 5.74) is 3.07. The number of hydrogen-bond acceptors (Lipinski definition) is 4. The summed E-state index contributed by atoms with van der Waals surface area (Å²) in [6, 6.07) is 17.9. The molecule has 1 aliphatic rings. The first-order valence-electron chi connectivity index (χ1n) is 9.32. The van der Waals surface area contributed by atoms with E-state index in [-0.39, 0.29) is 5.91 Å². The van der Waals surface area contributed by atoms with Gasteiger partial charge in [0.1, 0.15) is 17.0 Å². The summed E-state index contributed by atoms with van der Waals surface area (Å²) in [4.78, 5) is 15.3. The molecule has 0 bridgehead atoms. The molecule has 0 aliphatic carbocycles. The van der Waals surface area contributed by atoms with E-state index in [1.165, 1.54) is 5.56 Å². The Morgan fingerprint density at radius 2 is 1.89 bits per heavy atom. The third-order valence-corrected chi connectivity index (χ3v) is 6.66. The molecule has 1 aliphatic heterocycles. The summed E-state index contributed by atoms with van der Waals surface area (Å²) in [7, 11) is 0. The van der Waals surface area contributed by atoms with Crippen LogP contribution < -0.4 is 0 Å². The van der Waals surface area contributed by atoms with Crippen molar-refractivity contribution in [1.29, 1.82) is 0 Å². The van der Waals surface area contributed by atoms with E-state index in [0.717, 1.165) is 17.7 Å². The minimum absolute atomic E-state index is 0.0389. The first-order chi connectivity index (χ1) is 13.6. The van der Waals surface area contributed by atoms with Crippen LogP contribution in [0.15, 0.2) is 59.1 Å². The van der Waals surface area contributed by atoms with Gasteiger partial charge < -0.3 is 9.42 Å². The molecule has 0 N–H and O–H groups in total. The van der Waals surface area contributed by atoms with Crippen molar-refractivity contribution in [2.24, 2.45) is 0 Å². The topological polar surface area (TPSA) is 46.3 Å². The molecule has 6 heteroatoms. The maximum absolute atomic E-state index is 13.4. The molecule has 28 heavy (non-hydrogen) atoms. The summed E-state index contributed by atoms with van der Waals surface area (Å²) < 4.78 is 5.38. The monoisotopic (exact) mass is 412 g/mol. The van der Waals surface area contributed by atoms with Gasteiger partial charge in [0.05, 0.1) is 5.02 Å². The standard InChI is InChI=1S/C22H21ClN2O2S/c1-15-20(21(24-27-15)17-9-5-6-10-18(17)23)22(26)25-12-11-19(28-14-13-25)16-7-3-2-4-8-16/h2-10,19H,11-14H2,1H3. The normalized spacial score (nSPS) is 17.4. The molecular weight excluding hydrogens is 392 g/mol. The average molecular weight is 413 g/mol. The molecule has 2 heterocycles. The number of hydrogen-bond donors (Lipinski definition) is 0. The Morgan fingerprint density at radius 1 is 1.14 bits per heavy atom. The quantitative estimate of drug-likeness (QED) is 0.559. The molecule has 1 atom stereocenters. The number of aryl methyl sites for hydroxylation is 1. The summed E-state index contributed by atoms with van der Waals surface area (Å²) in [6.45, 7) is 3.19. The fourth-order valence-electron chi connectivity index (χ4n) is 3.53. The van der Waals surface area contributed by atoms with Gasteiger partial charge in [0.25, 0.3) is 5.91 Å². The van der Waals surface area contributed by atoms with Crippen molar-refractivity contribution in [2.45, 2.75) is 18.6 Å². The number of nitrogens with zero attached hydrogens (tertiary/aromatic N) is 2. The first kappa shape index (κ1) is 19.1. The van der Waals surface area contributed by atoms with Crippen molar-refractivity contribution in [3.05, 3.63) is 76.5 Å². The SMILES string of the molecule is Cc1onc(-c2ccccc2Cl)c1C(=O)N1CCSC(c2ccccc2)CC1. The molecule has 0 radical (unpaired) electrons. The molecule has 3 aromatic rings. The Morgan fingerprint density at radius 3 is 2.68 bits per heavy atom. The minimum atomic E-state index is -0.0389. The highest BCUT2D eigenvalue weighted by molar-refractivity contribution is 7.99. The highest BCUT2D eigenvalue weighted by Crippen LogP contribution is 2.36. The van der Waals surface area contributed by atoms with Gasteiger partial charge in [0.2, 0.25) is 0 Å². The summed E-state index contributed by atoms with van der Waals surface area (Å²) in [5, 5.41) is 5.10. The van der Waals surface area contributed by atoms with Crippen molar-refractivity contribution in [3.8, 4) is 11.3 Å². The van der Waals surface area contributed by atoms with Crippen molar-refractivity contribution in [1.82, 2.24) is 10.1 Å². The van der Waals surface area contributed by atoms with E-state index in [4.69, 9.17) is 16.1 Å². The molecule has 4 rings (SSSR count). The van der Waals surface area contributed by atoms with Gasteiger partial charge in [0.15, 0.2) is 0 Å². The Hall–Kier alpha value is -2.24. The third kappa shape index (κ3) is 3.82. The second-order valence-corrected chi connectivity index (χ2v) is 8.51. The van der Waals surface area contributed by atoms with E-state index in [1.54, 1.807) is 13.0 Å². The van der Waals surface area contributed by atoms with Crippen LogP contribution in [0.3, 0.4) is 0 Å². The molecule has 1 unspecified atom stereocenters. The zero-order chi connectivity index (χ0) is 19.5. The van der Waals surface area contributed by atoms with Gasteiger partial charge in [-0.15, -0.1) is 0 Å². The van der Waals surface area contributed by atoms with Crippen LogP contribution >= 0.6 is 23.4 Å². The second-order valence-electron chi connectivity index (χ2n) is 6.79. The van der Waals surface area contributed by atoms with E-state index in [2.05, 4.69) is 29.4 Å². The van der Waals surface area contributed by atoms with Crippen molar-refractivity contribution in [3.63, 3.8) is 0 Å². The highest BCUT2D eigenvalue weighted by Gasteiger charge is 2.29. The number of carbonyl (C=O) groups is 1. The smallest absolute Gasteiger partial charge is 0.259 e. The van der Waals surface area contributed by atoms with Crippen LogP contribution in [0.1, 0.15) is 33.4 Å². The van der Waals surface area contributed by atoms with Crippen LogP contribution in [0.5, 0.6) is 0 Å². The Kier molecular flexibility index (Phi) is 5.74. The molecule has 0 saturated carbocycles. The lowest BCUT2D eigenvalue weighted by molar-refractivity contribution is 0.0765. The molecule has 1 amide bonds. The van der Waals surface area contributed by atoms with Crippen LogP contribution in [-0.4, -0.2) is 34.8 Å². The predicted molar refractivity (Wildman–Crippen MR) is 114 cm³/mol. The molecule has 1 aromatic heterocycles. The molecule has 1 fully saturated rings. The van der Waals surface area contributed by atoms with Gasteiger partial charge in [-0.25, -0.2) is 0 Å². The Bertz CT molecular complexity index is 974. The van der Waals surface area contributed by atoms with Crippen molar-refractivity contribution in [2.75, 3.05) is 18.8 Å². The number of thioether (sulfide) groups is 1. The summed E-state index contributed by atoms with van der Waals surface area (Å²) in [5.74, 6) is 1.39. The fourth-order valence-corrected chi connectivity index (χ4v) is 4.98. The Balaban J connectivity index is 1.57. The van der Waals surface area contributed by atoms with E-state index in [0.29, 0.717) is 40.4 Å². The average Bonchev–Trinajstić information content (AvgIpc) is 2.94. The van der Waals surface area contributed by atoms with Crippen LogP contribution in [0, 0.1) is 6.92 Å². The largest absolute Gasteiger partial charge is 0.360 e. The first-order valence-corrected chi connectivity index (χ1v) is 10.7. The van der Waals surface area contributed by atoms with Crippen LogP contribution in [-0.2, 0) is 0 Å². The van der Waals surface area contributed by atoms with Gasteiger partial charge >= 0.3 is 0 Å². The zero-order valence-electron chi connectivity index (χ0n) is 15.6. The molecule has 2 aromatic carbocycles. The minimum Gasteiger partial charge on any atom is -0.360 e. The molecular formula is C22H21ClN2O2S. The number of aromatic nitrogens is 1. The second kappa shape index (κ2) is 8.41. The van der Waals surface area contributed by atoms with E-state index >= 15 is 0 Å². The lowest BCUT2D eigenvalue weighted by Gasteiger charge is -2.20. The fraction of sp³-hybridized carbons (Fsp3) is 0.273.